The number of rotatable bonds is 3. The van der Waals surface area contributed by atoms with E-state index in [1.165, 1.54) is 41.5 Å². The number of fused-ring (bicyclic) bond motifs is 1. The van der Waals surface area contributed by atoms with Gasteiger partial charge in [0, 0.05) is 11.3 Å². The third kappa shape index (κ3) is 2.23. The Balaban J connectivity index is 1.79. The second kappa shape index (κ2) is 4.87. The Morgan fingerprint density at radius 3 is 2.83 bits per heavy atom. The molecule has 0 saturated heterocycles. The second-order valence-electron chi connectivity index (χ2n) is 5.14. The summed E-state index contributed by atoms with van der Waals surface area (Å²) in [6.45, 7) is 2.07. The standard InChI is InChI=1S/C16H18OS/c1-11-7-8-18-16(11)15(17)10-12-5-6-13-3-2-4-14(13)9-12/h5-9,15,17H,2-4,10H2,1H3. The quantitative estimate of drug-likeness (QED) is 0.887. The van der Waals surface area contributed by atoms with Crippen LogP contribution in [0.15, 0.2) is 29.6 Å². The first kappa shape index (κ1) is 11.9. The first-order valence-electron chi connectivity index (χ1n) is 6.57. The molecule has 0 amide bonds. The largest absolute Gasteiger partial charge is 0.387 e. The van der Waals surface area contributed by atoms with E-state index in [0.29, 0.717) is 0 Å². The maximum Gasteiger partial charge on any atom is 0.0924 e. The summed E-state index contributed by atoms with van der Waals surface area (Å²) in [5.74, 6) is 0. The van der Waals surface area contributed by atoms with Gasteiger partial charge in [0.15, 0.2) is 0 Å². The average Bonchev–Trinajstić information content (AvgIpc) is 2.96. The van der Waals surface area contributed by atoms with Gasteiger partial charge in [-0.1, -0.05) is 18.2 Å². The Labute approximate surface area is 112 Å². The van der Waals surface area contributed by atoms with Crippen LogP contribution in [-0.4, -0.2) is 5.11 Å². The Hall–Kier alpha value is -1.12. The van der Waals surface area contributed by atoms with Gasteiger partial charge in [-0.2, -0.15) is 0 Å². The molecule has 1 atom stereocenters. The Kier molecular flexibility index (Phi) is 3.23. The number of hydrogen-bond acceptors (Lipinski definition) is 2. The monoisotopic (exact) mass is 258 g/mol. The molecule has 3 rings (SSSR count). The van der Waals surface area contributed by atoms with Gasteiger partial charge in [0.25, 0.3) is 0 Å². The highest BCUT2D eigenvalue weighted by Gasteiger charge is 2.15. The molecule has 1 aliphatic carbocycles. The first-order chi connectivity index (χ1) is 8.74. The minimum absolute atomic E-state index is 0.357. The lowest BCUT2D eigenvalue weighted by Crippen LogP contribution is -2.01. The minimum atomic E-state index is -0.357. The summed E-state index contributed by atoms with van der Waals surface area (Å²) in [5, 5.41) is 12.4. The Bertz CT molecular complexity index is 556. The Morgan fingerprint density at radius 1 is 1.22 bits per heavy atom. The van der Waals surface area contributed by atoms with Gasteiger partial charge in [0.2, 0.25) is 0 Å². The van der Waals surface area contributed by atoms with E-state index in [9.17, 15) is 5.11 Å². The van der Waals surface area contributed by atoms with E-state index < -0.39 is 0 Å². The van der Waals surface area contributed by atoms with Crippen LogP contribution in [0.5, 0.6) is 0 Å². The topological polar surface area (TPSA) is 20.2 Å². The Morgan fingerprint density at radius 2 is 2.06 bits per heavy atom. The van der Waals surface area contributed by atoms with Gasteiger partial charge in [0.05, 0.1) is 6.10 Å². The number of benzene rings is 1. The zero-order valence-corrected chi connectivity index (χ0v) is 11.5. The van der Waals surface area contributed by atoms with Crippen LogP contribution in [0.25, 0.3) is 0 Å². The van der Waals surface area contributed by atoms with Crippen molar-refractivity contribution in [3.63, 3.8) is 0 Å². The molecule has 1 aliphatic rings. The summed E-state index contributed by atoms with van der Waals surface area (Å²) in [7, 11) is 0. The van der Waals surface area contributed by atoms with Gasteiger partial charge in [-0.15, -0.1) is 11.3 Å². The number of aliphatic hydroxyl groups excluding tert-OH is 1. The molecule has 94 valence electrons. The molecule has 1 aromatic carbocycles. The van der Waals surface area contributed by atoms with Crippen LogP contribution in [0.1, 0.15) is 39.7 Å². The predicted octanol–water partition coefficient (Wildman–Crippen LogP) is 3.82. The molecule has 0 saturated carbocycles. The highest BCUT2D eigenvalue weighted by atomic mass is 32.1. The van der Waals surface area contributed by atoms with E-state index >= 15 is 0 Å². The third-order valence-corrected chi connectivity index (χ3v) is 4.92. The van der Waals surface area contributed by atoms with Gasteiger partial charge < -0.3 is 5.11 Å². The molecule has 1 aromatic heterocycles. The van der Waals surface area contributed by atoms with Crippen molar-refractivity contribution in [2.75, 3.05) is 0 Å². The van der Waals surface area contributed by atoms with Gasteiger partial charge in [0.1, 0.15) is 0 Å². The fourth-order valence-electron chi connectivity index (χ4n) is 2.79. The van der Waals surface area contributed by atoms with E-state index in [1.54, 1.807) is 11.3 Å². The molecule has 1 N–H and O–H groups in total. The van der Waals surface area contributed by atoms with E-state index in [4.69, 9.17) is 0 Å². The molecule has 2 heteroatoms. The average molecular weight is 258 g/mol. The highest BCUT2D eigenvalue weighted by Crippen LogP contribution is 2.28. The summed E-state index contributed by atoms with van der Waals surface area (Å²) in [4.78, 5) is 1.11. The van der Waals surface area contributed by atoms with Crippen LogP contribution in [0.4, 0.5) is 0 Å². The highest BCUT2D eigenvalue weighted by molar-refractivity contribution is 7.10. The van der Waals surface area contributed by atoms with Gasteiger partial charge in [-0.05, 0) is 59.9 Å². The molecule has 0 fully saturated rings. The summed E-state index contributed by atoms with van der Waals surface area (Å²) in [5.41, 5.74) is 5.45. The minimum Gasteiger partial charge on any atom is -0.387 e. The van der Waals surface area contributed by atoms with E-state index in [2.05, 4.69) is 36.6 Å². The lowest BCUT2D eigenvalue weighted by atomic mass is 10.0. The SMILES string of the molecule is Cc1ccsc1C(O)Cc1ccc2c(c1)CCC2. The van der Waals surface area contributed by atoms with Crippen molar-refractivity contribution < 1.29 is 5.11 Å². The van der Waals surface area contributed by atoms with Crippen molar-refractivity contribution in [1.29, 1.82) is 0 Å². The van der Waals surface area contributed by atoms with Crippen LogP contribution in [-0.2, 0) is 19.3 Å². The van der Waals surface area contributed by atoms with Crippen LogP contribution in [0, 0.1) is 6.92 Å². The molecule has 0 aliphatic heterocycles. The second-order valence-corrected chi connectivity index (χ2v) is 6.09. The molecule has 18 heavy (non-hydrogen) atoms. The maximum absolute atomic E-state index is 10.3. The number of hydrogen-bond donors (Lipinski definition) is 1. The number of aliphatic hydroxyl groups is 1. The molecular weight excluding hydrogens is 240 g/mol. The van der Waals surface area contributed by atoms with E-state index in [0.717, 1.165) is 11.3 Å². The summed E-state index contributed by atoms with van der Waals surface area (Å²) in [6, 6.07) is 8.78. The van der Waals surface area contributed by atoms with Crippen molar-refractivity contribution in [2.45, 2.75) is 38.7 Å². The van der Waals surface area contributed by atoms with Crippen molar-refractivity contribution in [3.8, 4) is 0 Å². The molecule has 0 bridgehead atoms. The molecule has 0 spiro atoms. The molecular formula is C16H18OS. The van der Waals surface area contributed by atoms with Crippen molar-refractivity contribution in [2.24, 2.45) is 0 Å². The fourth-order valence-corrected chi connectivity index (χ4v) is 3.71. The zero-order chi connectivity index (χ0) is 12.5. The lowest BCUT2D eigenvalue weighted by molar-refractivity contribution is 0.181. The van der Waals surface area contributed by atoms with E-state index in [1.807, 2.05) is 0 Å². The molecule has 1 nitrogen and oxygen atoms in total. The lowest BCUT2D eigenvalue weighted by Gasteiger charge is -2.11. The van der Waals surface area contributed by atoms with Crippen molar-refractivity contribution in [1.82, 2.24) is 0 Å². The molecule has 1 unspecified atom stereocenters. The van der Waals surface area contributed by atoms with Crippen molar-refractivity contribution >= 4 is 11.3 Å². The van der Waals surface area contributed by atoms with Crippen molar-refractivity contribution in [3.05, 3.63) is 56.8 Å². The van der Waals surface area contributed by atoms with Gasteiger partial charge in [-0.25, -0.2) is 0 Å². The number of thiophene rings is 1. The van der Waals surface area contributed by atoms with E-state index in [-0.39, 0.29) is 6.10 Å². The zero-order valence-electron chi connectivity index (χ0n) is 10.6. The summed E-state index contributed by atoms with van der Waals surface area (Å²) < 4.78 is 0. The first-order valence-corrected chi connectivity index (χ1v) is 7.45. The van der Waals surface area contributed by atoms with Crippen LogP contribution >= 0.6 is 11.3 Å². The van der Waals surface area contributed by atoms with Gasteiger partial charge >= 0.3 is 0 Å². The molecule has 0 radical (unpaired) electrons. The maximum atomic E-state index is 10.3. The summed E-state index contributed by atoms with van der Waals surface area (Å²) in [6.07, 6.45) is 4.09. The smallest absolute Gasteiger partial charge is 0.0924 e. The normalized spacial score (nSPS) is 15.7. The number of aryl methyl sites for hydroxylation is 3. The predicted molar refractivity (Wildman–Crippen MR) is 76.2 cm³/mol. The molecule has 2 aromatic rings. The third-order valence-electron chi connectivity index (χ3n) is 3.80. The van der Waals surface area contributed by atoms with Crippen LogP contribution in [0.3, 0.4) is 0 Å². The van der Waals surface area contributed by atoms with Crippen LogP contribution < -0.4 is 0 Å². The van der Waals surface area contributed by atoms with Crippen LogP contribution in [0.2, 0.25) is 0 Å². The summed E-state index contributed by atoms with van der Waals surface area (Å²) >= 11 is 1.65. The fraction of sp³-hybridized carbons (Fsp3) is 0.375. The van der Waals surface area contributed by atoms with Gasteiger partial charge in [-0.3, -0.25) is 0 Å². The molecule has 1 heterocycles.